The monoisotopic (exact) mass is 460 g/mol. The summed E-state index contributed by atoms with van der Waals surface area (Å²) in [5.74, 6) is 0.398. The van der Waals surface area contributed by atoms with Crippen LogP contribution in [0.4, 0.5) is 4.39 Å². The fraction of sp³-hybridized carbons (Fsp3) is 0.367. The van der Waals surface area contributed by atoms with E-state index in [9.17, 15) is 9.18 Å². The Bertz CT molecular complexity index is 1220. The third kappa shape index (κ3) is 5.49. The van der Waals surface area contributed by atoms with Gasteiger partial charge < -0.3 is 9.15 Å². The second-order valence-corrected chi connectivity index (χ2v) is 9.08. The van der Waals surface area contributed by atoms with Crippen molar-refractivity contribution in [2.24, 2.45) is 0 Å². The SMILES string of the molecule is C=CCCC1=CCC(c2ccc(-c3cc4ccc(OCCCCC)c(F)c4c(=O)o3)cc2)CC1. The van der Waals surface area contributed by atoms with E-state index >= 15 is 0 Å². The maximum Gasteiger partial charge on any atom is 0.347 e. The van der Waals surface area contributed by atoms with Crippen molar-refractivity contribution in [3.8, 4) is 17.1 Å². The van der Waals surface area contributed by atoms with Crippen LogP contribution in [0.1, 0.15) is 69.8 Å². The van der Waals surface area contributed by atoms with Crippen LogP contribution in [0.2, 0.25) is 0 Å². The van der Waals surface area contributed by atoms with Crippen LogP contribution in [0.5, 0.6) is 5.75 Å². The first kappa shape index (κ1) is 24.0. The lowest BCUT2D eigenvalue weighted by Gasteiger charge is -2.22. The number of fused-ring (bicyclic) bond motifs is 1. The van der Waals surface area contributed by atoms with Crippen molar-refractivity contribution in [1.29, 1.82) is 0 Å². The molecule has 3 nitrogen and oxygen atoms in total. The van der Waals surface area contributed by atoms with E-state index in [1.807, 2.05) is 18.2 Å². The van der Waals surface area contributed by atoms with Crippen LogP contribution in [-0.2, 0) is 0 Å². The van der Waals surface area contributed by atoms with Crippen LogP contribution >= 0.6 is 0 Å². The fourth-order valence-electron chi connectivity index (χ4n) is 4.63. The minimum atomic E-state index is -0.683. The number of ether oxygens (including phenoxy) is 1. The van der Waals surface area contributed by atoms with Crippen LogP contribution in [-0.4, -0.2) is 6.61 Å². The number of benzene rings is 2. The summed E-state index contributed by atoms with van der Waals surface area (Å²) in [4.78, 5) is 12.7. The number of hydrogen-bond acceptors (Lipinski definition) is 3. The summed E-state index contributed by atoms with van der Waals surface area (Å²) >= 11 is 0. The average Bonchev–Trinajstić information content (AvgIpc) is 2.86. The highest BCUT2D eigenvalue weighted by Gasteiger charge is 2.18. The second-order valence-electron chi connectivity index (χ2n) is 9.08. The second kappa shape index (κ2) is 11.3. The van der Waals surface area contributed by atoms with Crippen molar-refractivity contribution in [3.63, 3.8) is 0 Å². The molecule has 1 aromatic heterocycles. The lowest BCUT2D eigenvalue weighted by molar-refractivity contribution is 0.292. The lowest BCUT2D eigenvalue weighted by Crippen LogP contribution is -2.06. The summed E-state index contributed by atoms with van der Waals surface area (Å²) in [7, 11) is 0. The molecule has 0 aliphatic heterocycles. The number of hydrogen-bond donors (Lipinski definition) is 0. The predicted octanol–water partition coefficient (Wildman–Crippen LogP) is 8.33. The average molecular weight is 461 g/mol. The fourth-order valence-corrected chi connectivity index (χ4v) is 4.63. The molecule has 0 saturated carbocycles. The Kier molecular flexibility index (Phi) is 7.99. The van der Waals surface area contributed by atoms with E-state index in [1.165, 1.54) is 11.1 Å². The van der Waals surface area contributed by atoms with Crippen molar-refractivity contribution in [2.75, 3.05) is 6.61 Å². The molecule has 0 saturated heterocycles. The van der Waals surface area contributed by atoms with E-state index in [-0.39, 0.29) is 11.1 Å². The molecule has 0 fully saturated rings. The van der Waals surface area contributed by atoms with Crippen LogP contribution in [0.3, 0.4) is 0 Å². The third-order valence-electron chi connectivity index (χ3n) is 6.68. The molecule has 0 N–H and O–H groups in total. The minimum Gasteiger partial charge on any atom is -0.490 e. The Morgan fingerprint density at radius 1 is 1.18 bits per heavy atom. The number of rotatable bonds is 10. The van der Waals surface area contributed by atoms with E-state index in [0.29, 0.717) is 23.7 Å². The molecule has 2 aromatic carbocycles. The van der Waals surface area contributed by atoms with Gasteiger partial charge in [-0.05, 0) is 67.5 Å². The Balaban J connectivity index is 1.51. The van der Waals surface area contributed by atoms with Crippen LogP contribution in [0.15, 0.2) is 76.0 Å². The van der Waals surface area contributed by atoms with Crippen molar-refractivity contribution >= 4 is 10.8 Å². The van der Waals surface area contributed by atoms with Gasteiger partial charge in [-0.3, -0.25) is 0 Å². The highest BCUT2D eigenvalue weighted by molar-refractivity contribution is 5.86. The first-order chi connectivity index (χ1) is 16.6. The molecule has 0 amide bonds. The minimum absolute atomic E-state index is 0.0605. The normalized spacial score (nSPS) is 15.8. The molecule has 4 rings (SSSR count). The number of halogens is 1. The maximum atomic E-state index is 14.9. The zero-order chi connectivity index (χ0) is 23.9. The summed E-state index contributed by atoms with van der Waals surface area (Å²) in [5.41, 5.74) is 2.95. The summed E-state index contributed by atoms with van der Waals surface area (Å²) in [6.07, 6.45) is 12.8. The molecule has 3 aromatic rings. The standard InChI is InChI=1S/C30H33FO3/c1-3-5-7-19-33-26-18-17-25-20-27(34-30(32)28(25)29(26)31)24-15-13-23(14-16-24)22-11-9-21(10-12-22)8-6-4-2/h4,9,13-18,20,22H,2-3,5-8,10-12,19H2,1H3. The highest BCUT2D eigenvalue weighted by Crippen LogP contribution is 2.35. The van der Waals surface area contributed by atoms with E-state index in [0.717, 1.165) is 56.9 Å². The molecule has 1 unspecified atom stereocenters. The smallest absolute Gasteiger partial charge is 0.347 e. The van der Waals surface area contributed by atoms with E-state index in [1.54, 1.807) is 18.2 Å². The molecule has 1 atom stereocenters. The van der Waals surface area contributed by atoms with Gasteiger partial charge in [0.1, 0.15) is 11.1 Å². The van der Waals surface area contributed by atoms with E-state index in [4.69, 9.17) is 9.15 Å². The summed E-state index contributed by atoms with van der Waals surface area (Å²) in [6, 6.07) is 13.2. The Labute approximate surface area is 201 Å². The molecular formula is C30H33FO3. The Morgan fingerprint density at radius 3 is 2.71 bits per heavy atom. The molecular weight excluding hydrogens is 427 g/mol. The Morgan fingerprint density at radius 2 is 2.00 bits per heavy atom. The van der Waals surface area contributed by atoms with Crippen molar-refractivity contribution in [2.45, 2.75) is 64.2 Å². The van der Waals surface area contributed by atoms with Crippen LogP contribution < -0.4 is 10.4 Å². The lowest BCUT2D eigenvalue weighted by atomic mass is 9.83. The highest BCUT2D eigenvalue weighted by atomic mass is 19.1. The first-order valence-corrected chi connectivity index (χ1v) is 12.4. The molecule has 0 radical (unpaired) electrons. The van der Waals surface area contributed by atoms with Gasteiger partial charge in [0, 0.05) is 5.56 Å². The molecule has 1 aliphatic rings. The third-order valence-corrected chi connectivity index (χ3v) is 6.68. The van der Waals surface area contributed by atoms with Gasteiger partial charge in [0.25, 0.3) is 0 Å². The summed E-state index contributed by atoms with van der Waals surface area (Å²) in [6.45, 7) is 6.34. The molecule has 178 valence electrons. The number of unbranched alkanes of at least 4 members (excludes halogenated alkanes) is 2. The van der Waals surface area contributed by atoms with E-state index < -0.39 is 11.4 Å². The molecule has 0 spiro atoms. The molecule has 4 heteroatoms. The quantitative estimate of drug-likeness (QED) is 0.225. The van der Waals surface area contributed by atoms with Crippen molar-refractivity contribution < 1.29 is 13.5 Å². The zero-order valence-electron chi connectivity index (χ0n) is 19.9. The predicted molar refractivity (Wildman–Crippen MR) is 137 cm³/mol. The van der Waals surface area contributed by atoms with Gasteiger partial charge in [-0.2, -0.15) is 0 Å². The Hall–Kier alpha value is -3.14. The van der Waals surface area contributed by atoms with Crippen LogP contribution in [0.25, 0.3) is 22.1 Å². The van der Waals surface area contributed by atoms with Gasteiger partial charge in [0.2, 0.25) is 0 Å². The largest absolute Gasteiger partial charge is 0.490 e. The topological polar surface area (TPSA) is 39.4 Å². The van der Waals surface area contributed by atoms with Crippen molar-refractivity contribution in [1.82, 2.24) is 0 Å². The van der Waals surface area contributed by atoms with E-state index in [2.05, 4.69) is 31.7 Å². The zero-order valence-corrected chi connectivity index (χ0v) is 19.9. The van der Waals surface area contributed by atoms with Gasteiger partial charge in [-0.15, -0.1) is 6.58 Å². The van der Waals surface area contributed by atoms with Gasteiger partial charge >= 0.3 is 5.63 Å². The summed E-state index contributed by atoms with van der Waals surface area (Å²) in [5, 5.41) is 0.452. The van der Waals surface area contributed by atoms with Crippen molar-refractivity contribution in [3.05, 3.63) is 88.6 Å². The van der Waals surface area contributed by atoms with Crippen LogP contribution in [0, 0.1) is 5.82 Å². The molecule has 34 heavy (non-hydrogen) atoms. The molecule has 0 bridgehead atoms. The van der Waals surface area contributed by atoms with Gasteiger partial charge in [0.15, 0.2) is 11.6 Å². The molecule has 1 heterocycles. The maximum absolute atomic E-state index is 14.9. The van der Waals surface area contributed by atoms with Gasteiger partial charge in [-0.1, -0.05) is 67.8 Å². The summed E-state index contributed by atoms with van der Waals surface area (Å²) < 4.78 is 26.0. The number of allylic oxidation sites excluding steroid dienone is 3. The first-order valence-electron chi connectivity index (χ1n) is 12.4. The van der Waals surface area contributed by atoms with Gasteiger partial charge in [-0.25, -0.2) is 9.18 Å². The molecule has 1 aliphatic carbocycles. The van der Waals surface area contributed by atoms with Gasteiger partial charge in [0.05, 0.1) is 6.61 Å².